The molecule has 0 atom stereocenters. The molecule has 0 saturated carbocycles. The molecule has 2 nitrogen and oxygen atoms in total. The minimum atomic E-state index is 0.707. The summed E-state index contributed by atoms with van der Waals surface area (Å²) in [6.45, 7) is 3.82. The van der Waals surface area contributed by atoms with Crippen LogP contribution in [-0.4, -0.2) is 13.2 Å². The van der Waals surface area contributed by atoms with E-state index >= 15 is 0 Å². The zero-order valence-electron chi connectivity index (χ0n) is 14.5. The molecular formula is C20H35NO. The fourth-order valence-electron chi connectivity index (χ4n) is 2.70. The molecule has 0 saturated heterocycles. The van der Waals surface area contributed by atoms with Gasteiger partial charge in [-0.2, -0.15) is 0 Å². The van der Waals surface area contributed by atoms with Crippen molar-refractivity contribution >= 4 is 0 Å². The highest BCUT2D eigenvalue weighted by Gasteiger charge is 1.96. The second-order valence-corrected chi connectivity index (χ2v) is 6.21. The van der Waals surface area contributed by atoms with Gasteiger partial charge in [0.2, 0.25) is 0 Å². The van der Waals surface area contributed by atoms with Crippen LogP contribution in [0.3, 0.4) is 0 Å². The van der Waals surface area contributed by atoms with Crippen LogP contribution in [0.5, 0.6) is 5.75 Å². The fourth-order valence-corrected chi connectivity index (χ4v) is 2.70. The molecule has 0 spiro atoms. The summed E-state index contributed by atoms with van der Waals surface area (Å²) >= 11 is 0. The molecule has 1 rings (SSSR count). The van der Waals surface area contributed by atoms with Gasteiger partial charge in [-0.1, -0.05) is 76.8 Å². The number of nitrogens with two attached hydrogens (primary N) is 1. The van der Waals surface area contributed by atoms with Crippen LogP contribution in [0.1, 0.15) is 76.7 Å². The lowest BCUT2D eigenvalue weighted by atomic mass is 10.1. The third-order valence-electron chi connectivity index (χ3n) is 4.12. The predicted octanol–water partition coefficient (Wildman–Crippen LogP) is 5.49. The minimum Gasteiger partial charge on any atom is -0.494 e. The first kappa shape index (κ1) is 19.0. The fraction of sp³-hybridized carbons (Fsp3) is 0.700. The Morgan fingerprint density at radius 2 is 1.32 bits per heavy atom. The Bertz CT molecular complexity index is 347. The molecule has 2 heteroatoms. The third-order valence-corrected chi connectivity index (χ3v) is 4.12. The Kier molecular flexibility index (Phi) is 11.8. The van der Waals surface area contributed by atoms with Crippen LogP contribution >= 0.6 is 0 Å². The van der Waals surface area contributed by atoms with Gasteiger partial charge >= 0.3 is 0 Å². The van der Waals surface area contributed by atoms with E-state index in [4.69, 9.17) is 10.5 Å². The highest BCUT2D eigenvalue weighted by Crippen LogP contribution is 2.14. The highest BCUT2D eigenvalue weighted by molar-refractivity contribution is 5.27. The molecule has 0 aliphatic rings. The van der Waals surface area contributed by atoms with Crippen LogP contribution in [0.25, 0.3) is 0 Å². The van der Waals surface area contributed by atoms with Crippen LogP contribution in [0.15, 0.2) is 24.3 Å². The van der Waals surface area contributed by atoms with Gasteiger partial charge in [-0.25, -0.2) is 0 Å². The SMILES string of the molecule is CCCCCCCCCCCCOc1ccc(CCN)cc1. The molecule has 1 aromatic rings. The first-order valence-electron chi connectivity index (χ1n) is 9.28. The number of hydrogen-bond acceptors (Lipinski definition) is 2. The van der Waals surface area contributed by atoms with Crippen molar-refractivity contribution < 1.29 is 4.74 Å². The summed E-state index contributed by atoms with van der Waals surface area (Å²) in [5.41, 5.74) is 6.83. The van der Waals surface area contributed by atoms with Crippen molar-refractivity contribution in [1.82, 2.24) is 0 Å². The summed E-state index contributed by atoms with van der Waals surface area (Å²) in [5.74, 6) is 0.983. The lowest BCUT2D eigenvalue weighted by Crippen LogP contribution is -2.02. The molecule has 0 amide bonds. The maximum atomic E-state index is 5.78. The number of benzene rings is 1. The first-order valence-corrected chi connectivity index (χ1v) is 9.28. The smallest absolute Gasteiger partial charge is 0.119 e. The number of hydrogen-bond donors (Lipinski definition) is 1. The quantitative estimate of drug-likeness (QED) is 0.461. The minimum absolute atomic E-state index is 0.707. The third kappa shape index (κ3) is 9.83. The van der Waals surface area contributed by atoms with Gasteiger partial charge in [-0.3, -0.25) is 0 Å². The van der Waals surface area contributed by atoms with Crippen LogP contribution in [0.2, 0.25) is 0 Å². The Labute approximate surface area is 137 Å². The maximum absolute atomic E-state index is 5.78. The zero-order chi connectivity index (χ0) is 15.9. The van der Waals surface area contributed by atoms with Crippen molar-refractivity contribution in [3.05, 3.63) is 29.8 Å². The average molecular weight is 306 g/mol. The van der Waals surface area contributed by atoms with E-state index in [9.17, 15) is 0 Å². The van der Waals surface area contributed by atoms with E-state index in [1.54, 1.807) is 0 Å². The molecule has 0 aromatic heterocycles. The van der Waals surface area contributed by atoms with Crippen LogP contribution in [0, 0.1) is 0 Å². The van der Waals surface area contributed by atoms with Crippen molar-refractivity contribution in [2.45, 2.75) is 77.6 Å². The molecule has 22 heavy (non-hydrogen) atoms. The Hall–Kier alpha value is -1.02. The first-order chi connectivity index (χ1) is 10.9. The Morgan fingerprint density at radius 3 is 1.86 bits per heavy atom. The van der Waals surface area contributed by atoms with E-state index in [1.165, 1.54) is 69.8 Å². The molecule has 1 aromatic carbocycles. The van der Waals surface area contributed by atoms with Gasteiger partial charge < -0.3 is 10.5 Å². The summed E-state index contributed by atoms with van der Waals surface area (Å²) in [4.78, 5) is 0. The van der Waals surface area contributed by atoms with E-state index in [0.717, 1.165) is 18.8 Å². The molecular weight excluding hydrogens is 270 g/mol. The van der Waals surface area contributed by atoms with Crippen LogP contribution < -0.4 is 10.5 Å². The lowest BCUT2D eigenvalue weighted by molar-refractivity contribution is 0.304. The second-order valence-electron chi connectivity index (χ2n) is 6.21. The van der Waals surface area contributed by atoms with E-state index in [-0.39, 0.29) is 0 Å². The molecule has 0 heterocycles. The van der Waals surface area contributed by atoms with Gasteiger partial charge in [0, 0.05) is 0 Å². The molecule has 2 N–H and O–H groups in total. The van der Waals surface area contributed by atoms with Gasteiger partial charge in [-0.05, 0) is 37.1 Å². The largest absolute Gasteiger partial charge is 0.494 e. The summed E-state index contributed by atoms with van der Waals surface area (Å²) in [6.07, 6.45) is 14.6. The van der Waals surface area contributed by atoms with Gasteiger partial charge in [0.15, 0.2) is 0 Å². The van der Waals surface area contributed by atoms with Gasteiger partial charge in [0.25, 0.3) is 0 Å². The molecule has 0 unspecified atom stereocenters. The molecule has 0 bridgehead atoms. The topological polar surface area (TPSA) is 35.2 Å². The van der Waals surface area contributed by atoms with Crippen LogP contribution in [-0.2, 0) is 6.42 Å². The van der Waals surface area contributed by atoms with E-state index in [2.05, 4.69) is 31.2 Å². The number of rotatable bonds is 14. The molecule has 0 aliphatic heterocycles. The van der Waals surface area contributed by atoms with Crippen molar-refractivity contribution in [1.29, 1.82) is 0 Å². The summed E-state index contributed by atoms with van der Waals surface area (Å²) in [6, 6.07) is 8.34. The second kappa shape index (κ2) is 13.6. The zero-order valence-corrected chi connectivity index (χ0v) is 14.5. The average Bonchev–Trinajstić information content (AvgIpc) is 2.54. The van der Waals surface area contributed by atoms with Crippen molar-refractivity contribution in [2.24, 2.45) is 5.73 Å². The lowest BCUT2D eigenvalue weighted by Gasteiger charge is -2.07. The van der Waals surface area contributed by atoms with E-state index in [1.807, 2.05) is 0 Å². The van der Waals surface area contributed by atoms with E-state index in [0.29, 0.717) is 6.54 Å². The van der Waals surface area contributed by atoms with Crippen molar-refractivity contribution in [3.8, 4) is 5.75 Å². The van der Waals surface area contributed by atoms with Crippen molar-refractivity contribution in [3.63, 3.8) is 0 Å². The highest BCUT2D eigenvalue weighted by atomic mass is 16.5. The van der Waals surface area contributed by atoms with E-state index < -0.39 is 0 Å². The number of ether oxygens (including phenoxy) is 1. The predicted molar refractivity (Wildman–Crippen MR) is 96.5 cm³/mol. The Balaban J connectivity index is 1.90. The summed E-state index contributed by atoms with van der Waals surface area (Å²) in [7, 11) is 0. The molecule has 0 aliphatic carbocycles. The number of unbranched alkanes of at least 4 members (excludes halogenated alkanes) is 9. The Morgan fingerprint density at radius 1 is 0.773 bits per heavy atom. The summed E-state index contributed by atoms with van der Waals surface area (Å²) < 4.78 is 5.78. The normalized spacial score (nSPS) is 10.8. The van der Waals surface area contributed by atoms with Gasteiger partial charge in [0.1, 0.15) is 5.75 Å². The van der Waals surface area contributed by atoms with Crippen molar-refractivity contribution in [2.75, 3.05) is 13.2 Å². The molecule has 126 valence electrons. The van der Waals surface area contributed by atoms with Crippen LogP contribution in [0.4, 0.5) is 0 Å². The van der Waals surface area contributed by atoms with Gasteiger partial charge in [-0.15, -0.1) is 0 Å². The standard InChI is InChI=1S/C20H35NO/c1-2-3-4-5-6-7-8-9-10-11-18-22-20-14-12-19(13-15-20)16-17-21/h12-15H,2-11,16-18,21H2,1H3. The van der Waals surface area contributed by atoms with Gasteiger partial charge in [0.05, 0.1) is 6.61 Å². The molecule has 0 fully saturated rings. The summed E-state index contributed by atoms with van der Waals surface area (Å²) in [5, 5.41) is 0. The maximum Gasteiger partial charge on any atom is 0.119 e. The monoisotopic (exact) mass is 305 g/mol. The molecule has 0 radical (unpaired) electrons.